The van der Waals surface area contributed by atoms with Gasteiger partial charge < -0.3 is 19.9 Å². The highest BCUT2D eigenvalue weighted by atomic mass is 16.5. The molecule has 0 aliphatic carbocycles. The Hall–Kier alpha value is -3.42. The topological polar surface area (TPSA) is 102 Å². The molecule has 0 saturated heterocycles. The Bertz CT molecular complexity index is 878. The number of anilines is 1. The van der Waals surface area contributed by atoms with Gasteiger partial charge in [0.1, 0.15) is 0 Å². The molecule has 0 spiro atoms. The van der Waals surface area contributed by atoms with E-state index in [0.29, 0.717) is 29.8 Å². The Morgan fingerprint density at radius 2 is 2.16 bits per heavy atom. The van der Waals surface area contributed by atoms with Crippen LogP contribution in [-0.2, 0) is 6.54 Å². The lowest BCUT2D eigenvalue weighted by molar-refractivity contribution is 0.251. The molecule has 3 aromatic rings. The number of amides is 2. The van der Waals surface area contributed by atoms with Crippen LogP contribution >= 0.6 is 0 Å². The maximum absolute atomic E-state index is 12.1. The number of hydrogen-bond acceptors (Lipinski definition) is 6. The van der Waals surface area contributed by atoms with Crippen LogP contribution in [0.15, 0.2) is 47.1 Å². The summed E-state index contributed by atoms with van der Waals surface area (Å²) in [5, 5.41) is 9.40. The molecule has 0 aliphatic rings. The third-order valence-electron chi connectivity index (χ3n) is 3.39. The molecule has 8 heteroatoms. The molecule has 8 nitrogen and oxygen atoms in total. The van der Waals surface area contributed by atoms with E-state index in [1.165, 1.54) is 7.11 Å². The minimum absolute atomic E-state index is 0.298. The van der Waals surface area contributed by atoms with Crippen LogP contribution in [0.5, 0.6) is 5.88 Å². The van der Waals surface area contributed by atoms with Gasteiger partial charge in [-0.2, -0.15) is 4.98 Å². The molecule has 0 fully saturated rings. The number of methoxy groups -OCH3 is 1. The number of benzene rings is 1. The molecule has 0 aliphatic heterocycles. The monoisotopic (exact) mass is 339 g/mol. The SMILES string of the molecule is COc1ncccc1CNC(=O)Nc1cccc(-c2noc(C)n2)c1. The molecule has 0 bridgehead atoms. The quantitative estimate of drug-likeness (QED) is 0.741. The first-order chi connectivity index (χ1) is 12.2. The summed E-state index contributed by atoms with van der Waals surface area (Å²) in [4.78, 5) is 20.4. The average Bonchev–Trinajstić information content (AvgIpc) is 3.07. The van der Waals surface area contributed by atoms with Crippen molar-refractivity contribution in [1.82, 2.24) is 20.4 Å². The number of pyridine rings is 1. The zero-order valence-electron chi connectivity index (χ0n) is 13.8. The second kappa shape index (κ2) is 7.43. The summed E-state index contributed by atoms with van der Waals surface area (Å²) in [5.74, 6) is 1.44. The number of carbonyl (C=O) groups excluding carboxylic acids is 1. The maximum atomic E-state index is 12.1. The van der Waals surface area contributed by atoms with Crippen LogP contribution in [-0.4, -0.2) is 28.3 Å². The number of hydrogen-bond donors (Lipinski definition) is 2. The molecule has 25 heavy (non-hydrogen) atoms. The van der Waals surface area contributed by atoms with Gasteiger partial charge >= 0.3 is 6.03 Å². The van der Waals surface area contributed by atoms with Gasteiger partial charge in [0.15, 0.2) is 0 Å². The lowest BCUT2D eigenvalue weighted by Gasteiger charge is -2.10. The number of aryl methyl sites for hydroxylation is 1. The first kappa shape index (κ1) is 16.4. The van der Waals surface area contributed by atoms with Crippen LogP contribution in [0, 0.1) is 6.92 Å². The highest BCUT2D eigenvalue weighted by Gasteiger charge is 2.09. The summed E-state index contributed by atoms with van der Waals surface area (Å²) in [6.45, 7) is 2.02. The zero-order chi connectivity index (χ0) is 17.6. The highest BCUT2D eigenvalue weighted by molar-refractivity contribution is 5.89. The van der Waals surface area contributed by atoms with Gasteiger partial charge in [0.25, 0.3) is 0 Å². The lowest BCUT2D eigenvalue weighted by atomic mass is 10.2. The molecule has 2 heterocycles. The summed E-state index contributed by atoms with van der Waals surface area (Å²) in [6.07, 6.45) is 1.63. The summed E-state index contributed by atoms with van der Waals surface area (Å²) in [6, 6.07) is 10.5. The fraction of sp³-hybridized carbons (Fsp3) is 0.176. The largest absolute Gasteiger partial charge is 0.481 e. The van der Waals surface area contributed by atoms with Crippen molar-refractivity contribution in [3.05, 3.63) is 54.0 Å². The summed E-state index contributed by atoms with van der Waals surface area (Å²) in [5.41, 5.74) is 2.16. The fourth-order valence-electron chi connectivity index (χ4n) is 2.25. The third-order valence-corrected chi connectivity index (χ3v) is 3.39. The van der Waals surface area contributed by atoms with E-state index >= 15 is 0 Å². The molecule has 2 amide bonds. The van der Waals surface area contributed by atoms with Crippen molar-refractivity contribution in [1.29, 1.82) is 0 Å². The van der Waals surface area contributed by atoms with Crippen molar-refractivity contribution in [3.8, 4) is 17.3 Å². The number of aromatic nitrogens is 3. The molecule has 0 radical (unpaired) electrons. The summed E-state index contributed by atoms with van der Waals surface area (Å²) in [7, 11) is 1.54. The maximum Gasteiger partial charge on any atom is 0.319 e. The Kier molecular flexibility index (Phi) is 4.89. The predicted molar refractivity (Wildman–Crippen MR) is 91.1 cm³/mol. The first-order valence-corrected chi connectivity index (χ1v) is 7.59. The predicted octanol–water partition coefficient (Wildman–Crippen LogP) is 2.77. The van der Waals surface area contributed by atoms with Crippen molar-refractivity contribution in [3.63, 3.8) is 0 Å². The van der Waals surface area contributed by atoms with Crippen LogP contribution in [0.1, 0.15) is 11.5 Å². The van der Waals surface area contributed by atoms with Crippen LogP contribution in [0.4, 0.5) is 10.5 Å². The number of nitrogens with one attached hydrogen (secondary N) is 2. The van der Waals surface area contributed by atoms with Gasteiger partial charge in [-0.05, 0) is 18.2 Å². The van der Waals surface area contributed by atoms with E-state index in [2.05, 4.69) is 25.8 Å². The molecular formula is C17H17N5O3. The van der Waals surface area contributed by atoms with E-state index in [0.717, 1.165) is 11.1 Å². The number of nitrogens with zero attached hydrogens (tertiary/aromatic N) is 3. The second-order valence-electron chi connectivity index (χ2n) is 5.20. The summed E-state index contributed by atoms with van der Waals surface area (Å²) < 4.78 is 10.1. The average molecular weight is 339 g/mol. The molecular weight excluding hydrogens is 322 g/mol. The molecule has 3 rings (SSSR count). The van der Waals surface area contributed by atoms with E-state index in [9.17, 15) is 4.79 Å². The third kappa shape index (κ3) is 4.11. The molecule has 0 saturated carbocycles. The van der Waals surface area contributed by atoms with Gasteiger partial charge in [-0.3, -0.25) is 0 Å². The van der Waals surface area contributed by atoms with Crippen LogP contribution in [0.3, 0.4) is 0 Å². The normalized spacial score (nSPS) is 10.3. The molecule has 2 aromatic heterocycles. The van der Waals surface area contributed by atoms with Crippen LogP contribution in [0.2, 0.25) is 0 Å². The van der Waals surface area contributed by atoms with Gasteiger partial charge in [0.2, 0.25) is 17.6 Å². The van der Waals surface area contributed by atoms with Gasteiger partial charge in [0.05, 0.1) is 7.11 Å². The van der Waals surface area contributed by atoms with Gasteiger partial charge in [0, 0.05) is 36.5 Å². The number of rotatable bonds is 5. The number of urea groups is 1. The highest BCUT2D eigenvalue weighted by Crippen LogP contribution is 2.20. The Morgan fingerprint density at radius 3 is 2.92 bits per heavy atom. The van der Waals surface area contributed by atoms with E-state index < -0.39 is 0 Å². The van der Waals surface area contributed by atoms with E-state index in [1.807, 2.05) is 12.1 Å². The Balaban J connectivity index is 1.63. The minimum atomic E-state index is -0.340. The van der Waals surface area contributed by atoms with E-state index in [1.54, 1.807) is 37.4 Å². The molecule has 0 unspecified atom stereocenters. The summed E-state index contributed by atoms with van der Waals surface area (Å²) >= 11 is 0. The Labute approximate surface area is 144 Å². The van der Waals surface area contributed by atoms with Gasteiger partial charge in [-0.1, -0.05) is 23.4 Å². The minimum Gasteiger partial charge on any atom is -0.481 e. The van der Waals surface area contributed by atoms with Gasteiger partial charge in [-0.25, -0.2) is 9.78 Å². The second-order valence-corrected chi connectivity index (χ2v) is 5.20. The fourth-order valence-corrected chi connectivity index (χ4v) is 2.25. The molecule has 1 aromatic carbocycles. The number of ether oxygens (including phenoxy) is 1. The van der Waals surface area contributed by atoms with Crippen LogP contribution in [0.25, 0.3) is 11.4 Å². The lowest BCUT2D eigenvalue weighted by Crippen LogP contribution is -2.28. The van der Waals surface area contributed by atoms with Crippen molar-refractivity contribution < 1.29 is 14.1 Å². The van der Waals surface area contributed by atoms with Crippen molar-refractivity contribution in [2.24, 2.45) is 0 Å². The first-order valence-electron chi connectivity index (χ1n) is 7.59. The van der Waals surface area contributed by atoms with Gasteiger partial charge in [-0.15, -0.1) is 0 Å². The van der Waals surface area contributed by atoms with Crippen molar-refractivity contribution in [2.75, 3.05) is 12.4 Å². The Morgan fingerprint density at radius 1 is 1.28 bits per heavy atom. The van der Waals surface area contributed by atoms with Crippen molar-refractivity contribution >= 4 is 11.7 Å². The molecule has 2 N–H and O–H groups in total. The smallest absolute Gasteiger partial charge is 0.319 e. The van der Waals surface area contributed by atoms with Crippen molar-refractivity contribution in [2.45, 2.75) is 13.5 Å². The van der Waals surface area contributed by atoms with E-state index in [-0.39, 0.29) is 6.03 Å². The molecule has 0 atom stereocenters. The van der Waals surface area contributed by atoms with Crippen LogP contribution < -0.4 is 15.4 Å². The number of carbonyl (C=O) groups is 1. The molecule has 128 valence electrons. The standard InChI is InChI=1S/C17H17N5O3/c1-11-20-15(22-25-11)12-5-3-7-14(9-12)21-17(23)19-10-13-6-4-8-18-16(13)24-2/h3-9H,10H2,1-2H3,(H2,19,21,23). The van der Waals surface area contributed by atoms with E-state index in [4.69, 9.17) is 9.26 Å². The zero-order valence-corrected chi connectivity index (χ0v) is 13.8.